The fourth-order valence-corrected chi connectivity index (χ4v) is 5.33. The van der Waals surface area contributed by atoms with Gasteiger partial charge in [0.2, 0.25) is 5.91 Å². The van der Waals surface area contributed by atoms with Crippen molar-refractivity contribution in [2.75, 3.05) is 26.2 Å². The number of fused-ring (bicyclic) bond motifs is 1. The number of benzene rings is 1. The van der Waals surface area contributed by atoms with Gasteiger partial charge in [0.15, 0.2) is 0 Å². The Morgan fingerprint density at radius 1 is 1.19 bits per heavy atom. The van der Waals surface area contributed by atoms with Crippen LogP contribution in [0.5, 0.6) is 0 Å². The Morgan fingerprint density at radius 3 is 2.59 bits per heavy atom. The van der Waals surface area contributed by atoms with Crippen LogP contribution < -0.4 is 5.32 Å². The molecule has 0 aromatic heterocycles. The van der Waals surface area contributed by atoms with E-state index in [0.717, 1.165) is 57.4 Å². The van der Waals surface area contributed by atoms with Crippen molar-refractivity contribution in [3.63, 3.8) is 0 Å². The molecule has 27 heavy (non-hydrogen) atoms. The highest BCUT2D eigenvalue weighted by Gasteiger charge is 2.51. The van der Waals surface area contributed by atoms with Gasteiger partial charge in [0.1, 0.15) is 5.82 Å². The van der Waals surface area contributed by atoms with Crippen LogP contribution in [0.2, 0.25) is 0 Å². The summed E-state index contributed by atoms with van der Waals surface area (Å²) in [5.41, 5.74) is 0.586. The van der Waals surface area contributed by atoms with Gasteiger partial charge in [0.05, 0.1) is 11.5 Å². The number of aliphatic hydroxyl groups excluding tert-OH is 1. The molecule has 0 spiro atoms. The first-order valence-electron chi connectivity index (χ1n) is 10.0. The Bertz CT molecular complexity index is 648. The molecule has 1 saturated carbocycles. The number of rotatable bonds is 3. The highest BCUT2D eigenvalue weighted by molar-refractivity contribution is 5.85. The number of hydrogen-bond acceptors (Lipinski definition) is 3. The summed E-state index contributed by atoms with van der Waals surface area (Å²) in [5.74, 6) is 0.673. The van der Waals surface area contributed by atoms with E-state index < -0.39 is 6.10 Å². The standard InChI is InChI=1S/C21H29FN2O2.ClH/c22-18-6-4-15(5-7-18)19(25)16-8-11-24(12-9-16)20(26)21-10-2-1-3-17(21)13-23-14-21;/h4-7,16-17,19,23,25H,1-3,8-14H2;1H/t17-,19?,21+;/m0./s1. The summed E-state index contributed by atoms with van der Waals surface area (Å²) in [5, 5.41) is 14.1. The van der Waals surface area contributed by atoms with Gasteiger partial charge in [0.25, 0.3) is 0 Å². The minimum Gasteiger partial charge on any atom is -0.388 e. The molecule has 3 atom stereocenters. The summed E-state index contributed by atoms with van der Waals surface area (Å²) in [6.07, 6.45) is 5.61. The molecule has 0 bridgehead atoms. The lowest BCUT2D eigenvalue weighted by Gasteiger charge is -2.43. The van der Waals surface area contributed by atoms with E-state index >= 15 is 0 Å². The largest absolute Gasteiger partial charge is 0.388 e. The molecule has 1 aliphatic carbocycles. The van der Waals surface area contributed by atoms with Crippen molar-refractivity contribution < 1.29 is 14.3 Å². The third-order valence-corrected chi connectivity index (χ3v) is 6.95. The zero-order valence-electron chi connectivity index (χ0n) is 15.7. The van der Waals surface area contributed by atoms with E-state index in [2.05, 4.69) is 5.32 Å². The fourth-order valence-electron chi connectivity index (χ4n) is 5.33. The molecule has 2 N–H and O–H groups in total. The number of piperidine rings is 1. The molecule has 1 aromatic carbocycles. The fraction of sp³-hybridized carbons (Fsp3) is 0.667. The average molecular weight is 397 g/mol. The highest BCUT2D eigenvalue weighted by atomic mass is 35.5. The van der Waals surface area contributed by atoms with Crippen molar-refractivity contribution in [1.82, 2.24) is 10.2 Å². The molecule has 1 amide bonds. The number of carbonyl (C=O) groups is 1. The average Bonchev–Trinajstić information content (AvgIpc) is 3.13. The maximum atomic E-state index is 13.3. The summed E-state index contributed by atoms with van der Waals surface area (Å²) < 4.78 is 13.1. The number of hydrogen-bond donors (Lipinski definition) is 2. The smallest absolute Gasteiger partial charge is 0.230 e. The predicted molar refractivity (Wildman–Crippen MR) is 105 cm³/mol. The first-order valence-corrected chi connectivity index (χ1v) is 10.0. The van der Waals surface area contributed by atoms with Gasteiger partial charge < -0.3 is 15.3 Å². The molecule has 1 aromatic rings. The van der Waals surface area contributed by atoms with Gasteiger partial charge in [-0.15, -0.1) is 12.4 Å². The summed E-state index contributed by atoms with van der Waals surface area (Å²) in [6, 6.07) is 6.11. The molecular weight excluding hydrogens is 367 g/mol. The van der Waals surface area contributed by atoms with Gasteiger partial charge in [0, 0.05) is 19.6 Å². The van der Waals surface area contributed by atoms with Crippen LogP contribution in [0.3, 0.4) is 0 Å². The van der Waals surface area contributed by atoms with Crippen LogP contribution in [-0.2, 0) is 4.79 Å². The van der Waals surface area contributed by atoms with Gasteiger partial charge >= 0.3 is 0 Å². The summed E-state index contributed by atoms with van der Waals surface area (Å²) in [6.45, 7) is 3.24. The highest BCUT2D eigenvalue weighted by Crippen LogP contribution is 2.45. The van der Waals surface area contributed by atoms with Crippen LogP contribution in [0.25, 0.3) is 0 Å². The van der Waals surface area contributed by atoms with Gasteiger partial charge in [-0.2, -0.15) is 0 Å². The lowest BCUT2D eigenvalue weighted by atomic mass is 9.67. The molecule has 2 aliphatic heterocycles. The van der Waals surface area contributed by atoms with Gasteiger partial charge in [-0.3, -0.25) is 4.79 Å². The lowest BCUT2D eigenvalue weighted by molar-refractivity contribution is -0.147. The SMILES string of the molecule is Cl.O=C(N1CCC(C(O)c2ccc(F)cc2)CC1)[C@@]12CCCC[C@H]1CNC2. The molecule has 3 aliphatic rings. The molecule has 3 fully saturated rings. The van der Waals surface area contributed by atoms with E-state index in [-0.39, 0.29) is 29.6 Å². The third kappa shape index (κ3) is 3.87. The van der Waals surface area contributed by atoms with E-state index in [0.29, 0.717) is 11.8 Å². The van der Waals surface area contributed by atoms with Crippen LogP contribution in [0.1, 0.15) is 50.2 Å². The second-order valence-corrected chi connectivity index (χ2v) is 8.36. The second-order valence-electron chi connectivity index (χ2n) is 8.36. The first-order chi connectivity index (χ1) is 12.6. The summed E-state index contributed by atoms with van der Waals surface area (Å²) in [7, 11) is 0. The molecule has 2 heterocycles. The maximum Gasteiger partial charge on any atom is 0.230 e. The van der Waals surface area contributed by atoms with Crippen molar-refractivity contribution in [3.8, 4) is 0 Å². The number of amides is 1. The van der Waals surface area contributed by atoms with Crippen molar-refractivity contribution >= 4 is 18.3 Å². The topological polar surface area (TPSA) is 52.6 Å². The number of aliphatic hydroxyl groups is 1. The number of nitrogens with one attached hydrogen (secondary N) is 1. The Hall–Kier alpha value is -1.17. The Kier molecular flexibility index (Phi) is 6.44. The summed E-state index contributed by atoms with van der Waals surface area (Å²) in [4.78, 5) is 15.4. The van der Waals surface area contributed by atoms with E-state index in [1.807, 2.05) is 4.90 Å². The number of likely N-dealkylation sites (tertiary alicyclic amines) is 1. The molecular formula is C21H30ClFN2O2. The van der Waals surface area contributed by atoms with Gasteiger partial charge in [-0.1, -0.05) is 25.0 Å². The molecule has 2 saturated heterocycles. The van der Waals surface area contributed by atoms with E-state index in [9.17, 15) is 14.3 Å². The van der Waals surface area contributed by atoms with E-state index in [1.165, 1.54) is 25.0 Å². The molecule has 4 nitrogen and oxygen atoms in total. The van der Waals surface area contributed by atoms with Crippen LogP contribution in [0.4, 0.5) is 4.39 Å². The first kappa shape index (κ1) is 20.6. The zero-order valence-corrected chi connectivity index (χ0v) is 16.5. The molecule has 1 unspecified atom stereocenters. The third-order valence-electron chi connectivity index (χ3n) is 6.95. The zero-order chi connectivity index (χ0) is 18.1. The van der Waals surface area contributed by atoms with E-state index in [4.69, 9.17) is 0 Å². The number of halogens is 2. The molecule has 4 rings (SSSR count). The quantitative estimate of drug-likeness (QED) is 0.824. The molecule has 150 valence electrons. The Balaban J connectivity index is 0.00000210. The Labute approximate surface area is 166 Å². The monoisotopic (exact) mass is 396 g/mol. The summed E-state index contributed by atoms with van der Waals surface area (Å²) >= 11 is 0. The van der Waals surface area contributed by atoms with Crippen molar-refractivity contribution in [1.29, 1.82) is 0 Å². The van der Waals surface area contributed by atoms with Crippen molar-refractivity contribution in [3.05, 3.63) is 35.6 Å². The normalized spacial score (nSPS) is 29.7. The number of carbonyl (C=O) groups excluding carboxylic acids is 1. The molecule has 6 heteroatoms. The van der Waals surface area contributed by atoms with Gasteiger partial charge in [-0.25, -0.2) is 4.39 Å². The van der Waals surface area contributed by atoms with Crippen LogP contribution >= 0.6 is 12.4 Å². The molecule has 0 radical (unpaired) electrons. The van der Waals surface area contributed by atoms with E-state index in [1.54, 1.807) is 12.1 Å². The van der Waals surface area contributed by atoms with Crippen LogP contribution in [-0.4, -0.2) is 42.1 Å². The minimum atomic E-state index is -0.582. The van der Waals surface area contributed by atoms with Crippen molar-refractivity contribution in [2.45, 2.75) is 44.6 Å². The maximum absolute atomic E-state index is 13.3. The lowest BCUT2D eigenvalue weighted by Crippen LogP contribution is -2.52. The van der Waals surface area contributed by atoms with Crippen LogP contribution in [0, 0.1) is 23.1 Å². The second kappa shape index (κ2) is 8.46. The number of nitrogens with zero attached hydrogens (tertiary/aromatic N) is 1. The van der Waals surface area contributed by atoms with Crippen molar-refractivity contribution in [2.24, 2.45) is 17.3 Å². The van der Waals surface area contributed by atoms with Gasteiger partial charge in [-0.05, 0) is 61.8 Å². The Morgan fingerprint density at radius 2 is 1.89 bits per heavy atom. The predicted octanol–water partition coefficient (Wildman–Crippen LogP) is 3.30. The minimum absolute atomic E-state index is 0. The van der Waals surface area contributed by atoms with Crippen LogP contribution in [0.15, 0.2) is 24.3 Å².